The van der Waals surface area contributed by atoms with E-state index in [2.05, 4.69) is 39.1 Å². The first-order valence-electron chi connectivity index (χ1n) is 5.08. The fraction of sp³-hybridized carbons (Fsp3) is 0.273. The summed E-state index contributed by atoms with van der Waals surface area (Å²) in [5, 5.41) is 7.97. The van der Waals surface area contributed by atoms with E-state index >= 15 is 0 Å². The van der Waals surface area contributed by atoms with Gasteiger partial charge in [-0.25, -0.2) is 0 Å². The number of benzene rings is 1. The Kier molecular flexibility index (Phi) is 3.36. The molecule has 0 unspecified atom stereocenters. The smallest absolute Gasteiger partial charge is 0.138 e. The summed E-state index contributed by atoms with van der Waals surface area (Å²) in [6, 6.07) is 6.14. The van der Waals surface area contributed by atoms with Crippen LogP contribution in [0.3, 0.4) is 0 Å². The predicted molar refractivity (Wildman–Crippen MR) is 66.6 cm³/mol. The van der Waals surface area contributed by atoms with Gasteiger partial charge in [0.15, 0.2) is 0 Å². The first-order valence-corrected chi connectivity index (χ1v) is 5.87. The minimum absolute atomic E-state index is 0.578. The van der Waals surface area contributed by atoms with E-state index in [0.717, 1.165) is 22.4 Å². The highest BCUT2D eigenvalue weighted by Crippen LogP contribution is 2.20. The van der Waals surface area contributed by atoms with Crippen molar-refractivity contribution in [2.75, 3.05) is 6.54 Å². The minimum Gasteiger partial charge on any atom is -0.330 e. The number of hydrogen-bond acceptors (Lipinski definition) is 3. The molecule has 0 saturated carbocycles. The van der Waals surface area contributed by atoms with Crippen LogP contribution >= 0.6 is 15.9 Å². The lowest BCUT2D eigenvalue weighted by molar-refractivity contribution is 0.830. The highest BCUT2D eigenvalue weighted by molar-refractivity contribution is 9.10. The van der Waals surface area contributed by atoms with Crippen molar-refractivity contribution in [3.8, 4) is 5.69 Å². The van der Waals surface area contributed by atoms with Gasteiger partial charge in [-0.1, -0.05) is 15.9 Å². The molecule has 2 aromatic rings. The number of aromatic nitrogens is 3. The highest BCUT2D eigenvalue weighted by Gasteiger charge is 2.06. The molecule has 1 aromatic carbocycles. The normalized spacial score (nSPS) is 10.7. The van der Waals surface area contributed by atoms with Crippen LogP contribution in [-0.4, -0.2) is 21.3 Å². The first-order chi connectivity index (χ1) is 7.72. The van der Waals surface area contributed by atoms with Crippen molar-refractivity contribution in [3.05, 3.63) is 40.4 Å². The molecule has 4 nitrogen and oxygen atoms in total. The van der Waals surface area contributed by atoms with Crippen LogP contribution in [0.15, 0.2) is 29.0 Å². The molecule has 0 aliphatic carbocycles. The summed E-state index contributed by atoms with van der Waals surface area (Å²) in [7, 11) is 0. The molecule has 0 bridgehead atoms. The fourth-order valence-electron chi connectivity index (χ4n) is 1.55. The second kappa shape index (κ2) is 4.76. The van der Waals surface area contributed by atoms with E-state index in [1.165, 1.54) is 5.56 Å². The van der Waals surface area contributed by atoms with Crippen LogP contribution in [-0.2, 0) is 6.42 Å². The molecule has 0 aliphatic rings. The molecule has 0 fully saturated rings. The largest absolute Gasteiger partial charge is 0.330 e. The fourth-order valence-corrected chi connectivity index (χ4v) is 1.80. The third kappa shape index (κ3) is 2.15. The predicted octanol–water partition coefficient (Wildman–Crippen LogP) is 1.84. The molecule has 1 heterocycles. The van der Waals surface area contributed by atoms with E-state index in [-0.39, 0.29) is 0 Å². The average Bonchev–Trinajstić information content (AvgIpc) is 2.71. The molecule has 0 spiro atoms. The van der Waals surface area contributed by atoms with E-state index in [1.807, 2.05) is 16.7 Å². The molecular formula is C11H13BrN4. The Balaban J connectivity index is 2.42. The van der Waals surface area contributed by atoms with Gasteiger partial charge in [-0.3, -0.25) is 4.57 Å². The van der Waals surface area contributed by atoms with E-state index in [4.69, 9.17) is 5.73 Å². The number of halogens is 1. The monoisotopic (exact) mass is 280 g/mol. The molecule has 5 heteroatoms. The van der Waals surface area contributed by atoms with Crippen molar-refractivity contribution < 1.29 is 0 Å². The zero-order chi connectivity index (χ0) is 11.5. The van der Waals surface area contributed by atoms with Crippen LogP contribution in [0.5, 0.6) is 0 Å². The summed E-state index contributed by atoms with van der Waals surface area (Å²) in [5.74, 6) is 0.893. The Morgan fingerprint density at radius 2 is 2.25 bits per heavy atom. The Hall–Kier alpha value is -1.20. The van der Waals surface area contributed by atoms with Crippen LogP contribution in [0.25, 0.3) is 5.69 Å². The lowest BCUT2D eigenvalue weighted by atomic mass is 10.2. The average molecular weight is 281 g/mol. The second-order valence-corrected chi connectivity index (χ2v) is 4.44. The second-order valence-electron chi connectivity index (χ2n) is 3.59. The van der Waals surface area contributed by atoms with Crippen molar-refractivity contribution in [2.24, 2.45) is 5.73 Å². The van der Waals surface area contributed by atoms with E-state index < -0.39 is 0 Å². The summed E-state index contributed by atoms with van der Waals surface area (Å²) in [4.78, 5) is 0. The number of nitrogens with zero attached hydrogens (tertiary/aromatic N) is 3. The summed E-state index contributed by atoms with van der Waals surface area (Å²) in [5.41, 5.74) is 7.78. The van der Waals surface area contributed by atoms with Gasteiger partial charge in [-0.2, -0.15) is 0 Å². The van der Waals surface area contributed by atoms with Crippen LogP contribution in [0.1, 0.15) is 11.4 Å². The lowest BCUT2D eigenvalue weighted by Gasteiger charge is -2.07. The number of aryl methyl sites for hydroxylation is 1. The summed E-state index contributed by atoms with van der Waals surface area (Å²) in [6.07, 6.45) is 2.45. The van der Waals surface area contributed by atoms with Gasteiger partial charge in [-0.05, 0) is 37.2 Å². The SMILES string of the molecule is Cc1cc(-n2cnnc2CCN)ccc1Br. The molecule has 0 atom stereocenters. The van der Waals surface area contributed by atoms with Crippen LogP contribution in [0.4, 0.5) is 0 Å². The maximum atomic E-state index is 5.53. The summed E-state index contributed by atoms with van der Waals surface area (Å²) in [6.45, 7) is 2.63. The van der Waals surface area contributed by atoms with Crippen molar-refractivity contribution >= 4 is 15.9 Å². The Morgan fingerprint density at radius 3 is 2.94 bits per heavy atom. The van der Waals surface area contributed by atoms with Gasteiger partial charge in [0.2, 0.25) is 0 Å². The summed E-state index contributed by atoms with van der Waals surface area (Å²) >= 11 is 3.48. The summed E-state index contributed by atoms with van der Waals surface area (Å²) < 4.78 is 3.07. The molecule has 0 amide bonds. The first kappa shape index (κ1) is 11.3. The van der Waals surface area contributed by atoms with Gasteiger partial charge in [-0.15, -0.1) is 10.2 Å². The quantitative estimate of drug-likeness (QED) is 0.934. The topological polar surface area (TPSA) is 56.7 Å². The van der Waals surface area contributed by atoms with Crippen molar-refractivity contribution in [1.82, 2.24) is 14.8 Å². The standard InChI is InChI=1S/C11H13BrN4/c1-8-6-9(2-3-10(8)12)16-7-14-15-11(16)4-5-13/h2-3,6-7H,4-5,13H2,1H3. The molecule has 2 rings (SSSR count). The van der Waals surface area contributed by atoms with Crippen molar-refractivity contribution in [2.45, 2.75) is 13.3 Å². The molecule has 16 heavy (non-hydrogen) atoms. The highest BCUT2D eigenvalue weighted by atomic mass is 79.9. The molecule has 0 radical (unpaired) electrons. The molecule has 1 aromatic heterocycles. The van der Waals surface area contributed by atoms with Crippen LogP contribution in [0.2, 0.25) is 0 Å². The van der Waals surface area contributed by atoms with E-state index in [0.29, 0.717) is 6.54 Å². The Morgan fingerprint density at radius 1 is 1.44 bits per heavy atom. The van der Waals surface area contributed by atoms with Crippen molar-refractivity contribution in [3.63, 3.8) is 0 Å². The third-order valence-corrected chi connectivity index (χ3v) is 3.30. The van der Waals surface area contributed by atoms with Gasteiger partial charge >= 0.3 is 0 Å². The molecule has 84 valence electrons. The van der Waals surface area contributed by atoms with Gasteiger partial charge in [0.25, 0.3) is 0 Å². The zero-order valence-electron chi connectivity index (χ0n) is 9.02. The molecule has 0 aliphatic heterocycles. The molecule has 2 N–H and O–H groups in total. The minimum atomic E-state index is 0.578. The number of hydrogen-bond donors (Lipinski definition) is 1. The Bertz CT molecular complexity index is 492. The zero-order valence-corrected chi connectivity index (χ0v) is 10.6. The number of rotatable bonds is 3. The lowest BCUT2D eigenvalue weighted by Crippen LogP contribution is -2.08. The van der Waals surface area contributed by atoms with Gasteiger partial charge in [0.1, 0.15) is 12.2 Å². The van der Waals surface area contributed by atoms with Crippen LogP contribution < -0.4 is 5.73 Å². The van der Waals surface area contributed by atoms with Gasteiger partial charge in [0, 0.05) is 16.6 Å². The van der Waals surface area contributed by atoms with Crippen LogP contribution in [0, 0.1) is 6.92 Å². The van der Waals surface area contributed by atoms with Gasteiger partial charge < -0.3 is 5.73 Å². The van der Waals surface area contributed by atoms with Gasteiger partial charge in [0.05, 0.1) is 0 Å². The van der Waals surface area contributed by atoms with E-state index in [1.54, 1.807) is 6.33 Å². The number of nitrogens with two attached hydrogens (primary N) is 1. The maximum Gasteiger partial charge on any atom is 0.138 e. The third-order valence-electron chi connectivity index (χ3n) is 2.41. The maximum absolute atomic E-state index is 5.53. The molecule has 0 saturated heterocycles. The molecular weight excluding hydrogens is 268 g/mol. The van der Waals surface area contributed by atoms with E-state index in [9.17, 15) is 0 Å². The Labute approximate surface area is 103 Å². The van der Waals surface area contributed by atoms with Crippen molar-refractivity contribution in [1.29, 1.82) is 0 Å².